The molecule has 30 heteroatoms. The molecule has 34 atom stereocenters. The molecule has 0 aromatic rings. The number of aliphatic hydroxyl groups is 15. The van der Waals surface area contributed by atoms with Gasteiger partial charge in [-0.1, -0.05) is 39.3 Å². The molecule has 30 nitrogen and oxygen atoms in total. The topological polar surface area (TPSA) is 465 Å². The largest absolute Gasteiger partial charge is 0.457 e. The summed E-state index contributed by atoms with van der Waals surface area (Å²) in [6.07, 6.45) is -40.1. The molecular weight excluding hydrogens is 1220 g/mol. The Morgan fingerprint density at radius 1 is 0.533 bits per heavy atom. The number of esters is 3. The molecule has 92 heavy (non-hydrogen) atoms. The minimum absolute atomic E-state index is 0.00818. The molecule has 15 N–H and O–H groups in total. The second kappa shape index (κ2) is 26.8. The summed E-state index contributed by atoms with van der Waals surface area (Å²) in [4.78, 5) is 43.1. The smallest absolute Gasteiger partial charge is 0.315 e. The number of hydrogen-bond donors (Lipinski definition) is 15. The van der Waals surface area contributed by atoms with Crippen LogP contribution in [0.3, 0.4) is 0 Å². The van der Waals surface area contributed by atoms with Gasteiger partial charge >= 0.3 is 17.9 Å². The van der Waals surface area contributed by atoms with Crippen LogP contribution in [-0.2, 0) is 71.2 Å². The summed E-state index contributed by atoms with van der Waals surface area (Å²) >= 11 is 0. The number of rotatable bonds is 4. The highest BCUT2D eigenvalue weighted by atomic mass is 16.8. The fourth-order valence-corrected chi connectivity index (χ4v) is 17.6. The van der Waals surface area contributed by atoms with Crippen molar-refractivity contribution in [1.82, 2.24) is 0 Å². The van der Waals surface area contributed by atoms with Crippen molar-refractivity contribution in [3.8, 4) is 0 Å². The molecule has 10 heterocycles. The van der Waals surface area contributed by atoms with Crippen LogP contribution in [0.4, 0.5) is 0 Å². The van der Waals surface area contributed by atoms with Crippen molar-refractivity contribution >= 4 is 17.9 Å². The number of carbonyl (C=O) groups is 3. The highest BCUT2D eigenvalue weighted by Crippen LogP contribution is 2.71. The van der Waals surface area contributed by atoms with E-state index < -0.39 is 233 Å². The minimum atomic E-state index is -2.38. The van der Waals surface area contributed by atoms with E-state index in [1.54, 1.807) is 0 Å². The van der Waals surface area contributed by atoms with Crippen molar-refractivity contribution in [1.29, 1.82) is 0 Å². The Labute approximate surface area is 531 Å². The third-order valence-electron chi connectivity index (χ3n) is 23.0. The summed E-state index contributed by atoms with van der Waals surface area (Å²) < 4.78 is 72.0. The SMILES string of the molecule is C[C@@H]1O[C@H]2O[C@H]3[C@@H](OC[C@H](O)[C@@H]3O)OC(=O)[C@@]34CC[C@@H]5C(=CCC6[C@@]7(C)C[C@H](O)[C@@H](C[C@@H]7CC[C@]65C)O[C@@H]5O[C@H](CO)[C@@H](O)[C@H](O)[C@H]5OC[C@H]5O[C@@H](OC(=O)CC(C)(O)CC(=O)O[C@@H]1[C@@H](O[C@@H]1O[C@H](CO)[C@@H](O)[C@H](O)[C@H]1O)[C@H]2O)[C@H](O)[C@@H](O)[C@H]5O)[C@@H]3CC(C)(C)CC4. The Morgan fingerprint density at radius 2 is 1.20 bits per heavy atom. The van der Waals surface area contributed by atoms with Gasteiger partial charge in [-0.25, -0.2) is 0 Å². The van der Waals surface area contributed by atoms with E-state index in [0.29, 0.717) is 51.4 Å². The van der Waals surface area contributed by atoms with E-state index >= 15 is 4.79 Å². The van der Waals surface area contributed by atoms with Crippen molar-refractivity contribution in [3.63, 3.8) is 0 Å². The Bertz CT molecular complexity index is 2650. The van der Waals surface area contributed by atoms with E-state index in [9.17, 15) is 86.2 Å². The molecule has 15 rings (SSSR count). The number of carbonyl (C=O) groups excluding carboxylic acids is 3. The van der Waals surface area contributed by atoms with Gasteiger partial charge in [-0.3, -0.25) is 14.4 Å². The maximum Gasteiger partial charge on any atom is 0.315 e. The van der Waals surface area contributed by atoms with Crippen molar-refractivity contribution < 1.29 is 148 Å². The average Bonchev–Trinajstić information content (AvgIpc) is 0.696. The Morgan fingerprint density at radius 3 is 1.90 bits per heavy atom. The Hall–Kier alpha value is -2.81. The van der Waals surface area contributed by atoms with Crippen LogP contribution in [0.2, 0.25) is 0 Å². The van der Waals surface area contributed by atoms with E-state index in [0.717, 1.165) is 25.3 Å². The second-order valence-electron chi connectivity index (χ2n) is 29.7. The van der Waals surface area contributed by atoms with Crippen LogP contribution in [-0.4, -0.2) is 286 Å². The first-order chi connectivity index (χ1) is 43.2. The maximum atomic E-state index is 15.5. The van der Waals surface area contributed by atoms with Crippen molar-refractivity contribution in [3.05, 3.63) is 11.6 Å². The van der Waals surface area contributed by atoms with E-state index in [2.05, 4.69) is 33.8 Å². The Balaban J connectivity index is 0.927. The Kier molecular flexibility index (Phi) is 20.5. The molecule has 0 radical (unpaired) electrons. The number of allylic oxidation sites excluding steroid dienone is 2. The predicted octanol–water partition coefficient (Wildman–Crippen LogP) is -3.95. The fourth-order valence-electron chi connectivity index (χ4n) is 17.6. The van der Waals surface area contributed by atoms with Crippen LogP contribution in [0, 0.1) is 45.3 Å². The van der Waals surface area contributed by atoms with Gasteiger partial charge in [0, 0.05) is 0 Å². The van der Waals surface area contributed by atoms with E-state index in [4.69, 9.17) is 56.8 Å². The molecule has 0 amide bonds. The summed E-state index contributed by atoms with van der Waals surface area (Å²) in [6.45, 7) is 8.26. The number of aliphatic hydroxyl groups excluding tert-OH is 14. The summed E-state index contributed by atoms with van der Waals surface area (Å²) in [6, 6.07) is 0. The summed E-state index contributed by atoms with van der Waals surface area (Å²) in [5.41, 5.74) is -3.30. The zero-order valence-electron chi connectivity index (χ0n) is 52.5. The molecule has 0 aromatic carbocycles. The molecule has 524 valence electrons. The minimum Gasteiger partial charge on any atom is -0.457 e. The molecule has 8 saturated heterocycles. The first-order valence-electron chi connectivity index (χ1n) is 32.5. The molecule has 15 aliphatic rings. The monoisotopic (exact) mass is 1320 g/mol. The van der Waals surface area contributed by atoms with Gasteiger partial charge in [-0.05, 0) is 118 Å². The first kappa shape index (κ1) is 70.5. The normalized spacial score (nSPS) is 53.8. The zero-order valence-corrected chi connectivity index (χ0v) is 52.5. The van der Waals surface area contributed by atoms with Crippen molar-refractivity contribution in [2.45, 2.75) is 284 Å². The molecule has 12 fully saturated rings. The first-order valence-corrected chi connectivity index (χ1v) is 32.5. The van der Waals surface area contributed by atoms with E-state index in [-0.39, 0.29) is 34.5 Å². The van der Waals surface area contributed by atoms with Crippen LogP contribution >= 0.6 is 0 Å². The van der Waals surface area contributed by atoms with Gasteiger partial charge in [-0.2, -0.15) is 0 Å². The number of ether oxygens (including phenoxy) is 12. The molecule has 10 aliphatic heterocycles. The molecule has 12 bridgehead atoms. The third kappa shape index (κ3) is 13.0. The molecule has 1 spiro atoms. The lowest BCUT2D eigenvalue weighted by atomic mass is 9.39. The van der Waals surface area contributed by atoms with Gasteiger partial charge in [-0.15, -0.1) is 0 Å². The highest BCUT2D eigenvalue weighted by Gasteiger charge is 2.66. The van der Waals surface area contributed by atoms with E-state index in [1.807, 2.05) is 0 Å². The van der Waals surface area contributed by atoms with Gasteiger partial charge < -0.3 is 133 Å². The molecule has 0 aromatic heterocycles. The molecule has 2 unspecified atom stereocenters. The zero-order chi connectivity index (χ0) is 66.6. The lowest BCUT2D eigenvalue weighted by Gasteiger charge is -2.66. The lowest BCUT2D eigenvalue weighted by Crippen LogP contribution is -2.66. The standard InChI is InChI=1S/C62H96O30/c1-24-48-49(90-53-46(77)42(73)39(70)32(20-63)85-53)47(78)54(83-24)91-51-38(69)30(66)22-82-55(51)92-57(79)62-12-10-27-26(28(62)16-58(2,3)13-14-62)7-8-35-60(27,5)11-9-25-15-31(29(65)17-61(25,35)6)84-56-50(44(75)40(71)33(21-64)86-56)81-23-34-41(72)43(74)45(76)52(87-34)89-37(68)19-59(4,80)18-36(67)88-48/h7,24-25,27-35,38-56,63-66,69-78,80H,8-23H2,1-6H3/t24-,25-,27+,28-,29-,30-,31+,32+,33+,34+,35?,38-,39+,40+,41-,42-,43-,44-,45+,46+,47+,48-,49-,50+,51+,52-,53-,54-,55-,56+,59?,60-,61-,62+/m0/s1. The lowest BCUT2D eigenvalue weighted by molar-refractivity contribution is -0.376. The summed E-state index contributed by atoms with van der Waals surface area (Å²) in [7, 11) is 0. The van der Waals surface area contributed by atoms with Gasteiger partial charge in [0.25, 0.3) is 0 Å². The number of hydrogen-bond acceptors (Lipinski definition) is 30. The summed E-state index contributed by atoms with van der Waals surface area (Å²) in [5.74, 6) is -3.52. The molecule has 5 aliphatic carbocycles. The van der Waals surface area contributed by atoms with Crippen LogP contribution < -0.4 is 0 Å². The van der Waals surface area contributed by atoms with Gasteiger partial charge in [0.2, 0.25) is 12.6 Å². The average molecular weight is 1320 g/mol. The third-order valence-corrected chi connectivity index (χ3v) is 23.0. The molecular formula is C62H96O30. The van der Waals surface area contributed by atoms with Gasteiger partial charge in [0.1, 0.15) is 97.7 Å². The molecule has 4 saturated carbocycles. The van der Waals surface area contributed by atoms with Crippen LogP contribution in [0.25, 0.3) is 0 Å². The van der Waals surface area contributed by atoms with Crippen LogP contribution in [0.1, 0.15) is 119 Å². The van der Waals surface area contributed by atoms with Gasteiger partial charge in [0.05, 0.1) is 68.6 Å². The van der Waals surface area contributed by atoms with Gasteiger partial charge in [0.15, 0.2) is 31.1 Å². The fraction of sp³-hybridized carbons (Fsp3) is 0.919. The summed E-state index contributed by atoms with van der Waals surface area (Å²) in [5, 5.41) is 168. The quantitative estimate of drug-likeness (QED) is 0.0553. The van der Waals surface area contributed by atoms with Crippen molar-refractivity contribution in [2.75, 3.05) is 26.4 Å². The second-order valence-corrected chi connectivity index (χ2v) is 29.7. The van der Waals surface area contributed by atoms with Crippen molar-refractivity contribution in [2.24, 2.45) is 45.3 Å². The van der Waals surface area contributed by atoms with Crippen LogP contribution in [0.15, 0.2) is 11.6 Å². The van der Waals surface area contributed by atoms with Crippen LogP contribution in [0.5, 0.6) is 0 Å². The maximum absolute atomic E-state index is 15.5. The highest BCUT2D eigenvalue weighted by molar-refractivity contribution is 5.79. The predicted molar refractivity (Wildman–Crippen MR) is 303 cm³/mol. The van der Waals surface area contributed by atoms with E-state index in [1.165, 1.54) is 6.92 Å².